The highest BCUT2D eigenvalue weighted by Gasteiger charge is 2.26. The van der Waals surface area contributed by atoms with Crippen molar-refractivity contribution in [2.75, 3.05) is 34.3 Å². The Hall–Kier alpha value is -1.11. The van der Waals surface area contributed by atoms with Crippen molar-refractivity contribution in [3.8, 4) is 5.75 Å². The molecule has 0 aromatic heterocycles. The molecule has 0 heterocycles. The van der Waals surface area contributed by atoms with E-state index < -0.39 is 10.0 Å². The number of benzene rings is 1. The Morgan fingerprint density at radius 3 is 2.22 bits per heavy atom. The van der Waals surface area contributed by atoms with Gasteiger partial charge in [0.2, 0.25) is 10.0 Å². The van der Waals surface area contributed by atoms with E-state index in [1.807, 2.05) is 27.9 Å². The van der Waals surface area contributed by atoms with Crippen LogP contribution in [0.1, 0.15) is 30.5 Å². The van der Waals surface area contributed by atoms with E-state index >= 15 is 0 Å². The summed E-state index contributed by atoms with van der Waals surface area (Å²) in [4.78, 5) is 2.42. The van der Waals surface area contributed by atoms with Crippen LogP contribution in [0.15, 0.2) is 11.0 Å². The highest BCUT2D eigenvalue weighted by atomic mass is 32.2. The number of methoxy groups -OCH3 is 1. The monoisotopic (exact) mass is 342 g/mol. The Bertz CT molecular complexity index is 665. The highest BCUT2D eigenvalue weighted by Crippen LogP contribution is 2.30. The predicted octanol–water partition coefficient (Wildman–Crippen LogP) is 2.49. The van der Waals surface area contributed by atoms with E-state index in [9.17, 15) is 8.42 Å². The summed E-state index contributed by atoms with van der Waals surface area (Å²) in [5.41, 5.74) is 2.13. The zero-order chi connectivity index (χ0) is 18.0. The molecule has 5 nitrogen and oxygen atoms in total. The van der Waals surface area contributed by atoms with Crippen molar-refractivity contribution < 1.29 is 13.2 Å². The summed E-state index contributed by atoms with van der Waals surface area (Å²) in [5, 5.41) is 0. The first kappa shape index (κ1) is 19.9. The minimum Gasteiger partial charge on any atom is -0.496 e. The lowest BCUT2D eigenvalue weighted by molar-refractivity contribution is 0.242. The van der Waals surface area contributed by atoms with Crippen molar-refractivity contribution in [2.45, 2.75) is 39.5 Å². The largest absolute Gasteiger partial charge is 0.496 e. The molecule has 0 amide bonds. The van der Waals surface area contributed by atoms with Crippen LogP contribution in [-0.2, 0) is 10.0 Å². The van der Waals surface area contributed by atoms with Crippen LogP contribution in [0.5, 0.6) is 5.75 Å². The molecule has 0 aliphatic rings. The Morgan fingerprint density at radius 2 is 1.74 bits per heavy atom. The summed E-state index contributed by atoms with van der Waals surface area (Å²) in [5.74, 6) is 0.715. The maximum Gasteiger partial charge on any atom is 0.241 e. The molecule has 0 radical (unpaired) electrons. The molecule has 0 fully saturated rings. The number of hydrogen-bond donors (Lipinski definition) is 1. The summed E-state index contributed by atoms with van der Waals surface area (Å²) in [7, 11) is 2.00. The third-order valence-electron chi connectivity index (χ3n) is 3.95. The average Bonchev–Trinajstić information content (AvgIpc) is 2.39. The average molecular weight is 343 g/mol. The third kappa shape index (κ3) is 4.93. The Morgan fingerprint density at radius 1 is 1.17 bits per heavy atom. The van der Waals surface area contributed by atoms with Gasteiger partial charge in [-0.25, -0.2) is 13.1 Å². The van der Waals surface area contributed by atoms with Gasteiger partial charge in [0.15, 0.2) is 0 Å². The Labute approximate surface area is 141 Å². The van der Waals surface area contributed by atoms with Crippen LogP contribution < -0.4 is 9.46 Å². The molecule has 1 aromatic rings. The molecule has 0 aliphatic carbocycles. The molecule has 1 rings (SSSR count). The SMILES string of the molecule is COc1cc(C)c(S(=O)(=O)NCC(C)(C)CN(C)C)c(C)c1C. The fraction of sp³-hybridized carbons (Fsp3) is 0.647. The molecule has 0 saturated carbocycles. The van der Waals surface area contributed by atoms with E-state index in [1.165, 1.54) is 0 Å². The molecular formula is C17H30N2O3S. The second-order valence-electron chi connectivity index (χ2n) is 7.20. The normalized spacial score (nSPS) is 12.7. The van der Waals surface area contributed by atoms with Gasteiger partial charge in [-0.1, -0.05) is 13.8 Å². The first-order valence-corrected chi connectivity index (χ1v) is 9.19. The second kappa shape index (κ2) is 7.20. The number of sulfonamides is 1. The van der Waals surface area contributed by atoms with E-state index in [0.717, 1.165) is 17.7 Å². The first-order chi connectivity index (χ1) is 10.4. The number of nitrogens with one attached hydrogen (secondary N) is 1. The second-order valence-corrected chi connectivity index (χ2v) is 8.91. The smallest absolute Gasteiger partial charge is 0.241 e. The molecule has 132 valence electrons. The van der Waals surface area contributed by atoms with Crippen molar-refractivity contribution >= 4 is 10.0 Å². The van der Waals surface area contributed by atoms with Crippen molar-refractivity contribution in [3.63, 3.8) is 0 Å². The summed E-state index contributed by atoms with van der Waals surface area (Å²) >= 11 is 0. The summed E-state index contributed by atoms with van der Waals surface area (Å²) in [6.45, 7) is 10.8. The van der Waals surface area contributed by atoms with Crippen LogP contribution in [0.3, 0.4) is 0 Å². The molecule has 0 aliphatic heterocycles. The molecule has 0 spiro atoms. The van der Waals surface area contributed by atoms with Crippen molar-refractivity contribution in [3.05, 3.63) is 22.8 Å². The van der Waals surface area contributed by atoms with E-state index in [0.29, 0.717) is 22.8 Å². The molecule has 1 N–H and O–H groups in total. The minimum absolute atomic E-state index is 0.153. The highest BCUT2D eigenvalue weighted by molar-refractivity contribution is 7.89. The van der Waals surface area contributed by atoms with Crippen LogP contribution in [-0.4, -0.2) is 47.6 Å². The lowest BCUT2D eigenvalue weighted by atomic mass is 9.93. The van der Waals surface area contributed by atoms with Crippen LogP contribution in [0.25, 0.3) is 0 Å². The van der Waals surface area contributed by atoms with Crippen LogP contribution in [0.2, 0.25) is 0 Å². The minimum atomic E-state index is -3.56. The van der Waals surface area contributed by atoms with Gasteiger partial charge in [0, 0.05) is 13.1 Å². The number of rotatable bonds is 7. The zero-order valence-electron chi connectivity index (χ0n) is 15.6. The molecular weight excluding hydrogens is 312 g/mol. The van der Waals surface area contributed by atoms with E-state index in [2.05, 4.69) is 23.5 Å². The van der Waals surface area contributed by atoms with E-state index in [-0.39, 0.29) is 5.41 Å². The first-order valence-electron chi connectivity index (χ1n) is 7.70. The fourth-order valence-electron chi connectivity index (χ4n) is 2.92. The fourth-order valence-corrected chi connectivity index (χ4v) is 4.69. The van der Waals surface area contributed by atoms with Gasteiger partial charge in [0.1, 0.15) is 5.75 Å². The van der Waals surface area contributed by atoms with Gasteiger partial charge < -0.3 is 9.64 Å². The molecule has 6 heteroatoms. The van der Waals surface area contributed by atoms with E-state index in [4.69, 9.17) is 4.74 Å². The molecule has 23 heavy (non-hydrogen) atoms. The summed E-state index contributed by atoms with van der Waals surface area (Å²) in [6, 6.07) is 1.78. The lowest BCUT2D eigenvalue weighted by Crippen LogP contribution is -2.40. The maximum atomic E-state index is 12.8. The van der Waals surface area contributed by atoms with Gasteiger partial charge in [-0.05, 0) is 63.0 Å². The zero-order valence-corrected chi connectivity index (χ0v) is 16.4. The molecule has 0 atom stereocenters. The number of ether oxygens (including phenoxy) is 1. The van der Waals surface area contributed by atoms with Gasteiger partial charge in [-0.3, -0.25) is 0 Å². The van der Waals surface area contributed by atoms with Gasteiger partial charge >= 0.3 is 0 Å². The molecule has 1 aromatic carbocycles. The number of aryl methyl sites for hydroxylation is 1. The van der Waals surface area contributed by atoms with Crippen molar-refractivity contribution in [1.29, 1.82) is 0 Å². The number of hydrogen-bond acceptors (Lipinski definition) is 4. The van der Waals surface area contributed by atoms with Gasteiger partial charge in [0.05, 0.1) is 12.0 Å². The van der Waals surface area contributed by atoms with Gasteiger partial charge in [0.25, 0.3) is 0 Å². The van der Waals surface area contributed by atoms with Gasteiger partial charge in [-0.2, -0.15) is 0 Å². The number of nitrogens with zero attached hydrogens (tertiary/aromatic N) is 1. The Kier molecular flexibility index (Phi) is 6.24. The summed E-state index contributed by atoms with van der Waals surface area (Å²) < 4.78 is 33.7. The molecule has 0 unspecified atom stereocenters. The van der Waals surface area contributed by atoms with Gasteiger partial charge in [-0.15, -0.1) is 0 Å². The summed E-state index contributed by atoms with van der Waals surface area (Å²) in [6.07, 6.45) is 0. The quantitative estimate of drug-likeness (QED) is 0.827. The maximum absolute atomic E-state index is 12.8. The van der Waals surface area contributed by atoms with Crippen molar-refractivity contribution in [2.24, 2.45) is 5.41 Å². The van der Waals surface area contributed by atoms with E-state index in [1.54, 1.807) is 20.1 Å². The predicted molar refractivity (Wildman–Crippen MR) is 94.7 cm³/mol. The van der Waals surface area contributed by atoms with Crippen LogP contribution >= 0.6 is 0 Å². The topological polar surface area (TPSA) is 58.6 Å². The standard InChI is InChI=1S/C17H30N2O3S/c1-12-9-15(22-8)13(2)14(3)16(12)23(20,21)18-10-17(4,5)11-19(6)7/h9,18H,10-11H2,1-8H3. The Balaban J connectivity index is 3.13. The van der Waals surface area contributed by atoms with Crippen molar-refractivity contribution in [1.82, 2.24) is 9.62 Å². The third-order valence-corrected chi connectivity index (χ3v) is 5.64. The molecule has 0 bridgehead atoms. The lowest BCUT2D eigenvalue weighted by Gasteiger charge is -2.28. The van der Waals surface area contributed by atoms with Crippen LogP contribution in [0, 0.1) is 26.2 Å². The van der Waals surface area contributed by atoms with Crippen LogP contribution in [0.4, 0.5) is 0 Å². The molecule has 0 saturated heterocycles.